The van der Waals surface area contributed by atoms with Crippen molar-refractivity contribution in [3.63, 3.8) is 0 Å². The van der Waals surface area contributed by atoms with Crippen molar-refractivity contribution >= 4 is 48.9 Å². The summed E-state index contributed by atoms with van der Waals surface area (Å²) in [5.41, 5.74) is 1.47. The molecule has 1 heterocycles. The Morgan fingerprint density at radius 3 is 2.45 bits per heavy atom. The van der Waals surface area contributed by atoms with Gasteiger partial charge in [0.15, 0.2) is 15.7 Å². The number of pyridine rings is 1. The monoisotopic (exact) mass is 491 g/mol. The van der Waals surface area contributed by atoms with Gasteiger partial charge in [0.05, 0.1) is 4.90 Å². The first kappa shape index (κ1) is 21.5. The lowest BCUT2D eigenvalue weighted by molar-refractivity contribution is 0.537. The Morgan fingerprint density at radius 1 is 1.14 bits per heavy atom. The zero-order valence-corrected chi connectivity index (χ0v) is 18.4. The molecule has 0 fully saturated rings. The fourth-order valence-corrected chi connectivity index (χ4v) is 4.80. The molecule has 0 bridgehead atoms. The molecule has 1 aromatic heterocycles. The molecule has 3 rings (SSSR count). The van der Waals surface area contributed by atoms with Crippen molar-refractivity contribution in [3.8, 4) is 0 Å². The number of rotatable bonds is 6. The van der Waals surface area contributed by atoms with Gasteiger partial charge in [0.2, 0.25) is 0 Å². The molecule has 0 N–H and O–H groups in total. The van der Waals surface area contributed by atoms with Crippen LogP contribution in [0, 0.1) is 6.92 Å². The van der Waals surface area contributed by atoms with Gasteiger partial charge in [-0.25, -0.2) is 18.4 Å². The van der Waals surface area contributed by atoms with Crippen molar-refractivity contribution in [2.45, 2.75) is 22.0 Å². The fourth-order valence-electron chi connectivity index (χ4n) is 2.67. The van der Waals surface area contributed by atoms with Crippen molar-refractivity contribution in [2.75, 3.05) is 0 Å². The van der Waals surface area contributed by atoms with Crippen molar-refractivity contribution in [3.05, 3.63) is 82.5 Å². The van der Waals surface area contributed by atoms with E-state index in [1.54, 1.807) is 36.5 Å². The summed E-state index contributed by atoms with van der Waals surface area (Å²) >= 11 is 0.867. The molecule has 2 aromatic carbocycles. The Balaban J connectivity index is 2.06. The maximum absolute atomic E-state index is 13.3. The van der Waals surface area contributed by atoms with E-state index >= 15 is 0 Å². The SMILES string of the molecule is Cc1cccc(C(C=Nc2ccc(Br)cn2)S(=O)(=O)c2ccc(S(=O)[O-])cc2)c1. The molecule has 0 amide bonds. The van der Waals surface area contributed by atoms with Crippen LogP contribution < -0.4 is 0 Å². The summed E-state index contributed by atoms with van der Waals surface area (Å²) in [6.07, 6.45) is 2.92. The van der Waals surface area contributed by atoms with Crippen LogP contribution in [-0.2, 0) is 20.9 Å². The maximum atomic E-state index is 13.3. The quantitative estimate of drug-likeness (QED) is 0.377. The van der Waals surface area contributed by atoms with Gasteiger partial charge in [0, 0.05) is 21.8 Å². The second-order valence-electron chi connectivity index (χ2n) is 6.20. The fraction of sp³-hybridized carbons (Fsp3) is 0.100. The average molecular weight is 492 g/mol. The van der Waals surface area contributed by atoms with Gasteiger partial charge in [-0.2, -0.15) is 0 Å². The van der Waals surface area contributed by atoms with Crippen molar-refractivity contribution in [1.29, 1.82) is 0 Å². The predicted octanol–water partition coefficient (Wildman–Crippen LogP) is 4.31. The van der Waals surface area contributed by atoms with E-state index in [2.05, 4.69) is 25.9 Å². The van der Waals surface area contributed by atoms with Crippen LogP contribution in [0.25, 0.3) is 0 Å². The Labute approximate surface area is 180 Å². The maximum Gasteiger partial charge on any atom is 0.190 e. The summed E-state index contributed by atoms with van der Waals surface area (Å²) in [5, 5.41) is -1.06. The van der Waals surface area contributed by atoms with E-state index in [1.165, 1.54) is 30.5 Å². The minimum absolute atomic E-state index is 0.00780. The summed E-state index contributed by atoms with van der Waals surface area (Å²) in [5.74, 6) is 0.373. The van der Waals surface area contributed by atoms with Crippen molar-refractivity contribution < 1.29 is 17.2 Å². The van der Waals surface area contributed by atoms with Gasteiger partial charge in [-0.1, -0.05) is 29.8 Å². The molecule has 0 saturated carbocycles. The zero-order chi connectivity index (χ0) is 21.0. The van der Waals surface area contributed by atoms with Crippen LogP contribution in [-0.4, -0.2) is 28.4 Å². The van der Waals surface area contributed by atoms with E-state index in [0.29, 0.717) is 11.4 Å². The molecule has 9 heteroatoms. The van der Waals surface area contributed by atoms with Gasteiger partial charge in [-0.3, -0.25) is 4.21 Å². The normalized spacial score (nSPS) is 14.0. The van der Waals surface area contributed by atoms with E-state index in [9.17, 15) is 17.2 Å². The number of aromatic nitrogens is 1. The van der Waals surface area contributed by atoms with Gasteiger partial charge < -0.3 is 4.55 Å². The van der Waals surface area contributed by atoms with E-state index < -0.39 is 26.2 Å². The van der Waals surface area contributed by atoms with E-state index in [1.807, 2.05) is 13.0 Å². The molecule has 3 aromatic rings. The van der Waals surface area contributed by atoms with E-state index in [-0.39, 0.29) is 9.79 Å². The van der Waals surface area contributed by atoms with Crippen LogP contribution in [0.2, 0.25) is 0 Å². The predicted molar refractivity (Wildman–Crippen MR) is 115 cm³/mol. The number of hydrogen-bond acceptors (Lipinski definition) is 6. The number of sulfone groups is 1. The standard InChI is InChI=1S/C20H17BrN2O4S2/c1-14-3-2-4-15(11-14)19(13-23-20-10-5-16(21)12-22-20)29(26,27)18-8-6-17(7-9-18)28(24)25/h2-13,19H,1H3,(H,24,25)/p-1. The highest BCUT2D eigenvalue weighted by atomic mass is 79.9. The Bertz CT molecular complexity index is 1160. The molecular formula is C20H16BrN2O4S2-. The third kappa shape index (κ3) is 5.24. The number of halogens is 1. The Morgan fingerprint density at radius 2 is 1.86 bits per heavy atom. The molecule has 0 saturated heterocycles. The van der Waals surface area contributed by atoms with Gasteiger partial charge in [0.25, 0.3) is 0 Å². The summed E-state index contributed by atoms with van der Waals surface area (Å²) in [7, 11) is -3.88. The molecule has 2 atom stereocenters. The van der Waals surface area contributed by atoms with E-state index in [4.69, 9.17) is 0 Å². The molecule has 0 aliphatic carbocycles. The lowest BCUT2D eigenvalue weighted by Gasteiger charge is -2.15. The van der Waals surface area contributed by atoms with Crippen molar-refractivity contribution in [2.24, 2.45) is 4.99 Å². The highest BCUT2D eigenvalue weighted by Crippen LogP contribution is 2.29. The zero-order valence-electron chi connectivity index (χ0n) is 15.2. The minimum Gasteiger partial charge on any atom is -0.768 e. The average Bonchev–Trinajstić information content (AvgIpc) is 2.69. The van der Waals surface area contributed by atoms with Crippen LogP contribution in [0.1, 0.15) is 16.4 Å². The first-order valence-corrected chi connectivity index (χ1v) is 11.8. The summed E-state index contributed by atoms with van der Waals surface area (Å²) < 4.78 is 49.6. The van der Waals surface area contributed by atoms with Crippen LogP contribution in [0.15, 0.2) is 86.1 Å². The van der Waals surface area contributed by atoms with Crippen LogP contribution in [0.3, 0.4) is 0 Å². The number of nitrogens with zero attached hydrogens (tertiary/aromatic N) is 2. The molecule has 29 heavy (non-hydrogen) atoms. The first-order chi connectivity index (χ1) is 13.8. The van der Waals surface area contributed by atoms with Gasteiger partial charge in [-0.15, -0.1) is 0 Å². The third-order valence-electron chi connectivity index (χ3n) is 4.10. The highest BCUT2D eigenvalue weighted by Gasteiger charge is 2.28. The lowest BCUT2D eigenvalue weighted by atomic mass is 10.1. The molecule has 2 unspecified atom stereocenters. The number of aliphatic imine (C=N–C) groups is 1. The van der Waals surface area contributed by atoms with Gasteiger partial charge >= 0.3 is 0 Å². The number of aryl methyl sites for hydroxylation is 1. The van der Waals surface area contributed by atoms with Crippen LogP contribution >= 0.6 is 15.9 Å². The number of benzene rings is 2. The molecule has 0 aliphatic heterocycles. The summed E-state index contributed by atoms with van der Waals surface area (Å²) in [6, 6.07) is 15.7. The molecule has 0 spiro atoms. The molecule has 0 radical (unpaired) electrons. The first-order valence-electron chi connectivity index (χ1n) is 8.43. The largest absolute Gasteiger partial charge is 0.768 e. The van der Waals surface area contributed by atoms with Gasteiger partial charge in [-0.05, 0) is 75.9 Å². The van der Waals surface area contributed by atoms with Crippen molar-refractivity contribution in [1.82, 2.24) is 4.98 Å². The third-order valence-corrected chi connectivity index (χ3v) is 7.22. The molecular weight excluding hydrogens is 476 g/mol. The second kappa shape index (κ2) is 9.08. The number of hydrogen-bond donors (Lipinski definition) is 0. The summed E-state index contributed by atoms with van der Waals surface area (Å²) in [4.78, 5) is 8.42. The topological polar surface area (TPSA) is 99.5 Å². The minimum atomic E-state index is -3.88. The van der Waals surface area contributed by atoms with Gasteiger partial charge in [0.1, 0.15) is 5.25 Å². The van der Waals surface area contributed by atoms with E-state index in [0.717, 1.165) is 10.0 Å². The van der Waals surface area contributed by atoms with Crippen LogP contribution in [0.5, 0.6) is 0 Å². The smallest absolute Gasteiger partial charge is 0.190 e. The van der Waals surface area contributed by atoms with Crippen LogP contribution in [0.4, 0.5) is 5.82 Å². The molecule has 150 valence electrons. The Kier molecular flexibility index (Phi) is 6.74. The lowest BCUT2D eigenvalue weighted by Crippen LogP contribution is -2.15. The Hall–Kier alpha value is -2.20. The molecule has 6 nitrogen and oxygen atoms in total. The second-order valence-corrected chi connectivity index (χ2v) is 10.1. The molecule has 0 aliphatic rings. The summed E-state index contributed by atoms with van der Waals surface area (Å²) in [6.45, 7) is 1.87. The highest BCUT2D eigenvalue weighted by molar-refractivity contribution is 9.10.